The lowest BCUT2D eigenvalue weighted by molar-refractivity contribution is -0.130. The lowest BCUT2D eigenvalue weighted by Gasteiger charge is -2.22. The molecule has 2 heterocycles. The number of amides is 2. The summed E-state index contributed by atoms with van der Waals surface area (Å²) < 4.78 is 29.3. The van der Waals surface area contributed by atoms with E-state index in [4.69, 9.17) is 0 Å². The Morgan fingerprint density at radius 2 is 2.03 bits per heavy atom. The first-order chi connectivity index (χ1) is 15.3. The van der Waals surface area contributed by atoms with Crippen molar-refractivity contribution in [3.63, 3.8) is 0 Å². The van der Waals surface area contributed by atoms with Crippen LogP contribution in [-0.4, -0.2) is 59.8 Å². The number of sulfonamides is 1. The van der Waals surface area contributed by atoms with E-state index in [1.54, 1.807) is 18.2 Å². The number of aryl methyl sites for hydroxylation is 2. The van der Waals surface area contributed by atoms with Gasteiger partial charge in [-0.2, -0.15) is 4.31 Å². The van der Waals surface area contributed by atoms with Gasteiger partial charge in [-0.15, -0.1) is 0 Å². The summed E-state index contributed by atoms with van der Waals surface area (Å²) in [5.74, 6) is 0.416. The van der Waals surface area contributed by atoms with Crippen molar-refractivity contribution in [1.29, 1.82) is 0 Å². The summed E-state index contributed by atoms with van der Waals surface area (Å²) in [6.45, 7) is 7.87. The van der Waals surface area contributed by atoms with Gasteiger partial charge in [-0.25, -0.2) is 13.4 Å². The maximum absolute atomic E-state index is 12.9. The Morgan fingerprint density at radius 1 is 1.28 bits per heavy atom. The number of imidazole rings is 1. The summed E-state index contributed by atoms with van der Waals surface area (Å²) in [7, 11) is -3.57. The van der Waals surface area contributed by atoms with Gasteiger partial charge in [0.25, 0.3) is 0 Å². The first-order valence-electron chi connectivity index (χ1n) is 11.4. The smallest absolute Gasteiger partial charge is 0.243 e. The number of nitrogens with one attached hydrogen (secondary N) is 2. The highest BCUT2D eigenvalue weighted by Crippen LogP contribution is 2.24. The van der Waals surface area contributed by atoms with Crippen LogP contribution in [0, 0.1) is 0 Å². The van der Waals surface area contributed by atoms with Crippen molar-refractivity contribution >= 4 is 32.9 Å². The number of nitrogens with zero attached hydrogens (tertiary/aromatic N) is 3. The summed E-state index contributed by atoms with van der Waals surface area (Å²) in [6.07, 6.45) is 3.00. The Morgan fingerprint density at radius 3 is 2.69 bits per heavy atom. The lowest BCUT2D eigenvalue weighted by atomic mass is 10.1. The van der Waals surface area contributed by atoms with E-state index in [0.29, 0.717) is 38.0 Å². The first-order valence-corrected chi connectivity index (χ1v) is 12.8. The van der Waals surface area contributed by atoms with Crippen LogP contribution < -0.4 is 10.6 Å². The molecule has 0 aliphatic carbocycles. The van der Waals surface area contributed by atoms with Crippen LogP contribution in [0.15, 0.2) is 23.1 Å². The fourth-order valence-corrected chi connectivity index (χ4v) is 5.58. The van der Waals surface area contributed by atoms with Crippen LogP contribution in [0.4, 0.5) is 0 Å². The summed E-state index contributed by atoms with van der Waals surface area (Å²) in [6, 6.07) is 4.57. The topological polar surface area (TPSA) is 113 Å². The maximum atomic E-state index is 12.9. The molecule has 0 spiro atoms. The SMILES string of the molecule is CCCn1c(CCC(=O)NC2CCCNC2=O)nc2cc(S(=O)(=O)N(CC)CC)ccc21. The summed E-state index contributed by atoms with van der Waals surface area (Å²) in [4.78, 5) is 29.2. The van der Waals surface area contributed by atoms with E-state index in [9.17, 15) is 18.0 Å². The molecule has 1 unspecified atom stereocenters. The molecule has 10 heteroatoms. The van der Waals surface area contributed by atoms with Crippen LogP contribution in [0.2, 0.25) is 0 Å². The number of benzene rings is 1. The average molecular weight is 464 g/mol. The predicted molar refractivity (Wildman–Crippen MR) is 123 cm³/mol. The third-order valence-electron chi connectivity index (χ3n) is 5.79. The van der Waals surface area contributed by atoms with Crippen molar-refractivity contribution in [2.24, 2.45) is 0 Å². The predicted octanol–water partition coefficient (Wildman–Crippen LogP) is 1.80. The summed E-state index contributed by atoms with van der Waals surface area (Å²) in [5, 5.41) is 5.57. The van der Waals surface area contributed by atoms with Crippen LogP contribution in [-0.2, 0) is 32.6 Å². The lowest BCUT2D eigenvalue weighted by Crippen LogP contribution is -2.50. The van der Waals surface area contributed by atoms with Crippen molar-refractivity contribution in [3.8, 4) is 0 Å². The van der Waals surface area contributed by atoms with Crippen LogP contribution in [0.25, 0.3) is 11.0 Å². The molecule has 1 aromatic carbocycles. The fourth-order valence-electron chi connectivity index (χ4n) is 4.10. The van der Waals surface area contributed by atoms with Gasteiger partial charge in [-0.3, -0.25) is 9.59 Å². The van der Waals surface area contributed by atoms with E-state index in [-0.39, 0.29) is 23.1 Å². The van der Waals surface area contributed by atoms with Gasteiger partial charge in [0.15, 0.2) is 0 Å². The maximum Gasteiger partial charge on any atom is 0.243 e. The van der Waals surface area contributed by atoms with Gasteiger partial charge in [0, 0.05) is 39.0 Å². The number of fused-ring (bicyclic) bond motifs is 1. The molecule has 2 aromatic rings. The van der Waals surface area contributed by atoms with E-state index in [1.807, 2.05) is 18.4 Å². The third-order valence-corrected chi connectivity index (χ3v) is 7.83. The molecule has 1 fully saturated rings. The minimum atomic E-state index is -3.57. The van der Waals surface area contributed by atoms with Crippen molar-refractivity contribution in [3.05, 3.63) is 24.0 Å². The molecule has 1 saturated heterocycles. The van der Waals surface area contributed by atoms with Crippen molar-refractivity contribution in [2.45, 2.75) is 70.4 Å². The highest BCUT2D eigenvalue weighted by Gasteiger charge is 2.25. The molecule has 3 rings (SSSR count). The molecule has 2 N–H and O–H groups in total. The number of rotatable bonds is 10. The van der Waals surface area contributed by atoms with Crippen LogP contribution >= 0.6 is 0 Å². The second-order valence-electron chi connectivity index (χ2n) is 7.97. The second-order valence-corrected chi connectivity index (χ2v) is 9.91. The van der Waals surface area contributed by atoms with Crippen molar-refractivity contribution < 1.29 is 18.0 Å². The molecule has 1 aromatic heterocycles. The molecular formula is C22H33N5O4S. The Kier molecular flexibility index (Phi) is 7.89. The second kappa shape index (κ2) is 10.4. The zero-order valence-corrected chi connectivity index (χ0v) is 19.9. The largest absolute Gasteiger partial charge is 0.354 e. The molecule has 0 bridgehead atoms. The first kappa shape index (κ1) is 24.2. The number of hydrogen-bond acceptors (Lipinski definition) is 5. The quantitative estimate of drug-likeness (QED) is 0.558. The minimum absolute atomic E-state index is 0.134. The van der Waals surface area contributed by atoms with Gasteiger partial charge < -0.3 is 15.2 Å². The molecule has 9 nitrogen and oxygen atoms in total. The molecule has 2 amide bonds. The molecule has 1 atom stereocenters. The molecule has 1 aliphatic heterocycles. The average Bonchev–Trinajstić information content (AvgIpc) is 3.11. The van der Waals surface area contributed by atoms with Gasteiger partial charge in [-0.1, -0.05) is 20.8 Å². The summed E-state index contributed by atoms with van der Waals surface area (Å²) >= 11 is 0. The molecule has 1 aliphatic rings. The summed E-state index contributed by atoms with van der Waals surface area (Å²) in [5.41, 5.74) is 1.46. The van der Waals surface area contributed by atoms with Gasteiger partial charge in [0.1, 0.15) is 11.9 Å². The van der Waals surface area contributed by atoms with Crippen LogP contribution in [0.1, 0.15) is 52.3 Å². The van der Waals surface area contributed by atoms with Gasteiger partial charge in [0.05, 0.1) is 15.9 Å². The number of carbonyl (C=O) groups excluding carboxylic acids is 2. The Hall–Kier alpha value is -2.46. The third kappa shape index (κ3) is 5.12. The van der Waals surface area contributed by atoms with E-state index < -0.39 is 16.1 Å². The minimum Gasteiger partial charge on any atom is -0.354 e. The van der Waals surface area contributed by atoms with Crippen molar-refractivity contribution in [2.75, 3.05) is 19.6 Å². The van der Waals surface area contributed by atoms with E-state index in [0.717, 1.165) is 30.7 Å². The highest BCUT2D eigenvalue weighted by molar-refractivity contribution is 7.89. The zero-order chi connectivity index (χ0) is 23.3. The zero-order valence-electron chi connectivity index (χ0n) is 19.1. The standard InChI is InChI=1S/C22H33N5O4S/c1-4-14-27-19-10-9-16(32(30,31)26(5-2)6-3)15-18(19)24-20(27)11-12-21(28)25-17-8-7-13-23-22(17)29/h9-10,15,17H,4-8,11-14H2,1-3H3,(H,23,29)(H,25,28). The molecule has 0 radical (unpaired) electrons. The molecule has 0 saturated carbocycles. The van der Waals surface area contributed by atoms with E-state index in [2.05, 4.69) is 22.5 Å². The van der Waals surface area contributed by atoms with E-state index in [1.165, 1.54) is 4.31 Å². The number of hydrogen-bond donors (Lipinski definition) is 2. The van der Waals surface area contributed by atoms with Gasteiger partial charge >= 0.3 is 0 Å². The van der Waals surface area contributed by atoms with Crippen molar-refractivity contribution in [1.82, 2.24) is 24.5 Å². The van der Waals surface area contributed by atoms with Gasteiger partial charge in [-0.05, 0) is 37.5 Å². The monoisotopic (exact) mass is 463 g/mol. The Balaban J connectivity index is 1.81. The van der Waals surface area contributed by atoms with Crippen LogP contribution in [0.3, 0.4) is 0 Å². The molecular weight excluding hydrogens is 430 g/mol. The Labute approximate surface area is 189 Å². The molecule has 176 valence electrons. The number of piperidine rings is 1. The fraction of sp³-hybridized carbons (Fsp3) is 0.591. The van der Waals surface area contributed by atoms with Gasteiger partial charge in [0.2, 0.25) is 21.8 Å². The normalized spacial score (nSPS) is 17.0. The number of aromatic nitrogens is 2. The number of carbonyl (C=O) groups is 2. The van der Waals surface area contributed by atoms with Crippen LogP contribution in [0.5, 0.6) is 0 Å². The molecule has 32 heavy (non-hydrogen) atoms. The highest BCUT2D eigenvalue weighted by atomic mass is 32.2. The Bertz CT molecular complexity index is 1080. The van der Waals surface area contributed by atoms with E-state index >= 15 is 0 Å².